The highest BCUT2D eigenvalue weighted by atomic mass is 16.5. The van der Waals surface area contributed by atoms with Crippen molar-refractivity contribution in [1.82, 2.24) is 9.55 Å². The van der Waals surface area contributed by atoms with E-state index in [1.54, 1.807) is 19.5 Å². The first-order valence-electron chi connectivity index (χ1n) is 6.53. The van der Waals surface area contributed by atoms with Crippen molar-refractivity contribution >= 4 is 5.97 Å². The molecule has 0 aliphatic heterocycles. The highest BCUT2D eigenvalue weighted by Gasteiger charge is 2.25. The Labute approximate surface area is 117 Å². The molecule has 0 saturated heterocycles. The van der Waals surface area contributed by atoms with Crippen molar-refractivity contribution in [3.05, 3.63) is 48.0 Å². The molecule has 106 valence electrons. The third kappa shape index (κ3) is 2.82. The van der Waals surface area contributed by atoms with Gasteiger partial charge in [-0.25, -0.2) is 4.98 Å². The first-order valence-corrected chi connectivity index (χ1v) is 6.53. The molecule has 0 spiro atoms. The van der Waals surface area contributed by atoms with Crippen molar-refractivity contribution in [2.24, 2.45) is 0 Å². The van der Waals surface area contributed by atoms with Crippen molar-refractivity contribution in [2.75, 3.05) is 7.11 Å². The number of hydrogen-bond acceptors (Lipinski definition) is 3. The van der Waals surface area contributed by atoms with Gasteiger partial charge >= 0.3 is 5.97 Å². The van der Waals surface area contributed by atoms with Crippen molar-refractivity contribution in [3.63, 3.8) is 0 Å². The second-order valence-corrected chi connectivity index (χ2v) is 4.48. The number of benzene rings is 1. The molecule has 0 aliphatic carbocycles. The molecule has 0 fully saturated rings. The van der Waals surface area contributed by atoms with E-state index in [0.717, 1.165) is 5.56 Å². The second kappa shape index (κ2) is 6.23. The minimum absolute atomic E-state index is 0.357. The van der Waals surface area contributed by atoms with Crippen molar-refractivity contribution in [2.45, 2.75) is 25.8 Å². The molecule has 1 aromatic heterocycles. The molecule has 0 radical (unpaired) electrons. The largest absolute Gasteiger partial charge is 0.496 e. The van der Waals surface area contributed by atoms with E-state index >= 15 is 0 Å². The number of methoxy groups -OCH3 is 1. The van der Waals surface area contributed by atoms with E-state index in [1.807, 2.05) is 35.8 Å². The summed E-state index contributed by atoms with van der Waals surface area (Å²) in [4.78, 5) is 15.8. The Bertz CT molecular complexity index is 592. The first kappa shape index (κ1) is 14.1. The summed E-state index contributed by atoms with van der Waals surface area (Å²) in [5.41, 5.74) is 0.869. The van der Waals surface area contributed by atoms with Crippen LogP contribution in [0.5, 0.6) is 5.75 Å². The van der Waals surface area contributed by atoms with Crippen molar-refractivity contribution in [1.29, 1.82) is 0 Å². The number of aliphatic carboxylic acids is 1. The van der Waals surface area contributed by atoms with E-state index in [-0.39, 0.29) is 0 Å². The van der Waals surface area contributed by atoms with E-state index in [2.05, 4.69) is 4.98 Å². The van der Waals surface area contributed by atoms with Crippen LogP contribution in [-0.4, -0.2) is 27.7 Å². The SMILES string of the molecule is CCn1ccnc1C(Cc1ccccc1OC)C(=O)O. The number of nitrogens with zero attached hydrogens (tertiary/aromatic N) is 2. The fourth-order valence-electron chi connectivity index (χ4n) is 2.28. The third-order valence-corrected chi connectivity index (χ3v) is 3.31. The van der Waals surface area contributed by atoms with Crippen molar-refractivity contribution < 1.29 is 14.6 Å². The molecule has 5 nitrogen and oxygen atoms in total. The van der Waals surface area contributed by atoms with Gasteiger partial charge in [-0.2, -0.15) is 0 Å². The Morgan fingerprint density at radius 1 is 1.45 bits per heavy atom. The molecule has 0 bridgehead atoms. The van der Waals surface area contributed by atoms with Gasteiger partial charge in [-0.15, -0.1) is 0 Å². The van der Waals surface area contributed by atoms with Crippen LogP contribution in [0.4, 0.5) is 0 Å². The lowest BCUT2D eigenvalue weighted by Gasteiger charge is -2.15. The number of carboxylic acids is 1. The monoisotopic (exact) mass is 274 g/mol. The van der Waals surface area contributed by atoms with E-state index in [4.69, 9.17) is 4.74 Å². The summed E-state index contributed by atoms with van der Waals surface area (Å²) >= 11 is 0. The highest BCUT2D eigenvalue weighted by Crippen LogP contribution is 2.26. The van der Waals surface area contributed by atoms with Crippen LogP contribution >= 0.6 is 0 Å². The molecule has 0 aliphatic rings. The van der Waals surface area contributed by atoms with Gasteiger partial charge in [0.05, 0.1) is 7.11 Å². The molecule has 1 aromatic carbocycles. The molecule has 0 amide bonds. The maximum absolute atomic E-state index is 11.6. The van der Waals surface area contributed by atoms with Gasteiger partial charge in [-0.1, -0.05) is 18.2 Å². The molecular weight excluding hydrogens is 256 g/mol. The summed E-state index contributed by atoms with van der Waals surface area (Å²) < 4.78 is 7.14. The Morgan fingerprint density at radius 2 is 2.20 bits per heavy atom. The highest BCUT2D eigenvalue weighted by molar-refractivity contribution is 5.75. The van der Waals surface area contributed by atoms with Crippen LogP contribution in [0.3, 0.4) is 0 Å². The average molecular weight is 274 g/mol. The fourth-order valence-corrected chi connectivity index (χ4v) is 2.28. The minimum Gasteiger partial charge on any atom is -0.496 e. The Morgan fingerprint density at radius 3 is 2.85 bits per heavy atom. The number of carbonyl (C=O) groups is 1. The fraction of sp³-hybridized carbons (Fsp3) is 0.333. The molecule has 20 heavy (non-hydrogen) atoms. The molecule has 1 unspecified atom stereocenters. The number of aromatic nitrogens is 2. The molecule has 2 rings (SSSR count). The summed E-state index contributed by atoms with van der Waals surface area (Å²) in [5, 5.41) is 9.50. The van der Waals surface area contributed by atoms with E-state index in [1.165, 1.54) is 0 Å². The van der Waals surface area contributed by atoms with E-state index in [9.17, 15) is 9.90 Å². The van der Waals surface area contributed by atoms with Crippen LogP contribution in [0.25, 0.3) is 0 Å². The zero-order valence-electron chi connectivity index (χ0n) is 11.6. The Balaban J connectivity index is 2.33. The van der Waals surface area contributed by atoms with Gasteiger partial charge in [0.2, 0.25) is 0 Å². The Hall–Kier alpha value is -2.30. The zero-order chi connectivity index (χ0) is 14.5. The second-order valence-electron chi connectivity index (χ2n) is 4.48. The summed E-state index contributed by atoms with van der Waals surface area (Å²) in [6.45, 7) is 2.66. The molecular formula is C15H18N2O3. The quantitative estimate of drug-likeness (QED) is 0.878. The summed E-state index contributed by atoms with van der Waals surface area (Å²) in [7, 11) is 1.58. The van der Waals surface area contributed by atoms with Crippen LogP contribution in [0.15, 0.2) is 36.7 Å². The third-order valence-electron chi connectivity index (χ3n) is 3.31. The van der Waals surface area contributed by atoms with Crippen LogP contribution in [0.1, 0.15) is 24.2 Å². The smallest absolute Gasteiger partial charge is 0.314 e. The molecule has 1 N–H and O–H groups in total. The molecule has 1 heterocycles. The zero-order valence-corrected chi connectivity index (χ0v) is 11.6. The number of hydrogen-bond donors (Lipinski definition) is 1. The van der Waals surface area contributed by atoms with Crippen LogP contribution in [-0.2, 0) is 17.8 Å². The number of para-hydroxylation sites is 1. The molecule has 5 heteroatoms. The number of rotatable bonds is 6. The van der Waals surface area contributed by atoms with Gasteiger partial charge in [0.1, 0.15) is 17.5 Å². The predicted octanol–water partition coefficient (Wildman–Crippen LogP) is 2.32. The number of aryl methyl sites for hydroxylation is 1. The lowest BCUT2D eigenvalue weighted by Crippen LogP contribution is -2.19. The van der Waals surface area contributed by atoms with Gasteiger partial charge in [0.25, 0.3) is 0 Å². The normalized spacial score (nSPS) is 12.1. The lowest BCUT2D eigenvalue weighted by atomic mass is 9.98. The molecule has 2 aromatic rings. The van der Waals surface area contributed by atoms with Gasteiger partial charge < -0.3 is 14.4 Å². The minimum atomic E-state index is -0.878. The summed E-state index contributed by atoms with van der Waals surface area (Å²) in [5.74, 6) is -0.280. The summed E-state index contributed by atoms with van der Waals surface area (Å²) in [6, 6.07) is 7.46. The number of ether oxygens (including phenoxy) is 1. The van der Waals surface area contributed by atoms with Crippen LogP contribution in [0, 0.1) is 0 Å². The van der Waals surface area contributed by atoms with Crippen LogP contribution < -0.4 is 4.74 Å². The standard InChI is InChI=1S/C15H18N2O3/c1-3-17-9-8-16-14(17)12(15(18)19)10-11-6-4-5-7-13(11)20-2/h4-9,12H,3,10H2,1-2H3,(H,18,19). The molecule has 1 atom stereocenters. The van der Waals surface area contributed by atoms with Crippen LogP contribution in [0.2, 0.25) is 0 Å². The predicted molar refractivity (Wildman–Crippen MR) is 75.0 cm³/mol. The van der Waals surface area contributed by atoms with E-state index < -0.39 is 11.9 Å². The van der Waals surface area contributed by atoms with E-state index in [0.29, 0.717) is 24.5 Å². The first-order chi connectivity index (χ1) is 9.67. The number of imidazole rings is 1. The summed E-state index contributed by atoms with van der Waals surface area (Å²) in [6.07, 6.45) is 3.79. The van der Waals surface area contributed by atoms with Gasteiger partial charge in [-0.3, -0.25) is 4.79 Å². The van der Waals surface area contributed by atoms with Gasteiger partial charge in [-0.05, 0) is 25.0 Å². The Kier molecular flexibility index (Phi) is 4.40. The van der Waals surface area contributed by atoms with Gasteiger partial charge in [0.15, 0.2) is 0 Å². The molecule has 0 saturated carbocycles. The lowest BCUT2D eigenvalue weighted by molar-refractivity contribution is -0.139. The number of carboxylic acid groups (broad SMARTS) is 1. The maximum atomic E-state index is 11.6. The van der Waals surface area contributed by atoms with Crippen molar-refractivity contribution in [3.8, 4) is 5.75 Å². The maximum Gasteiger partial charge on any atom is 0.314 e. The topological polar surface area (TPSA) is 64.4 Å². The van der Waals surface area contributed by atoms with Gasteiger partial charge in [0, 0.05) is 18.9 Å². The average Bonchev–Trinajstić information content (AvgIpc) is 2.92.